The van der Waals surface area contributed by atoms with Crippen molar-refractivity contribution in [2.45, 2.75) is 33.4 Å². The molecule has 0 aliphatic rings. The van der Waals surface area contributed by atoms with E-state index >= 15 is 0 Å². The molecule has 0 saturated heterocycles. The quantitative estimate of drug-likeness (QED) is 0.694. The molecule has 112 valence electrons. The first kappa shape index (κ1) is 15.1. The summed E-state index contributed by atoms with van der Waals surface area (Å²) >= 11 is 0. The molecule has 6 nitrogen and oxygen atoms in total. The average Bonchev–Trinajstić information content (AvgIpc) is 2.64. The third kappa shape index (κ3) is 2.92. The molecule has 0 bridgehead atoms. The maximum atomic E-state index is 13.3. The van der Waals surface area contributed by atoms with Gasteiger partial charge in [-0.3, -0.25) is 14.8 Å². The van der Waals surface area contributed by atoms with E-state index in [2.05, 4.69) is 5.10 Å². The maximum Gasteiger partial charge on any atom is 0.274 e. The van der Waals surface area contributed by atoms with E-state index < -0.39 is 16.8 Å². The molecule has 0 radical (unpaired) electrons. The van der Waals surface area contributed by atoms with Crippen molar-refractivity contribution in [3.63, 3.8) is 0 Å². The van der Waals surface area contributed by atoms with E-state index in [1.54, 1.807) is 25.5 Å². The second-order valence-electron chi connectivity index (χ2n) is 4.95. The Bertz CT molecular complexity index is 695. The largest absolute Gasteiger partial charge is 0.389 e. The monoisotopic (exact) mass is 293 g/mol. The van der Waals surface area contributed by atoms with Crippen LogP contribution in [0.1, 0.15) is 35.5 Å². The van der Waals surface area contributed by atoms with Crippen molar-refractivity contribution < 1.29 is 14.4 Å². The minimum absolute atomic E-state index is 0.0769. The highest BCUT2D eigenvalue weighted by Gasteiger charge is 2.19. The van der Waals surface area contributed by atoms with Gasteiger partial charge in [0.05, 0.1) is 28.8 Å². The van der Waals surface area contributed by atoms with Gasteiger partial charge in [-0.05, 0) is 32.9 Å². The molecule has 2 aromatic rings. The first-order chi connectivity index (χ1) is 9.81. The summed E-state index contributed by atoms with van der Waals surface area (Å²) < 4.78 is 14.9. The Hall–Kier alpha value is -2.28. The summed E-state index contributed by atoms with van der Waals surface area (Å²) in [6.07, 6.45) is -0.679. The van der Waals surface area contributed by atoms with Crippen molar-refractivity contribution in [3.8, 4) is 0 Å². The number of benzene rings is 1. The van der Waals surface area contributed by atoms with Crippen LogP contribution in [0.3, 0.4) is 0 Å². The smallest absolute Gasteiger partial charge is 0.274 e. The van der Waals surface area contributed by atoms with Gasteiger partial charge in [0.1, 0.15) is 5.82 Å². The normalized spacial score (nSPS) is 12.4. The van der Waals surface area contributed by atoms with E-state index in [4.69, 9.17) is 0 Å². The minimum Gasteiger partial charge on any atom is -0.389 e. The van der Waals surface area contributed by atoms with Gasteiger partial charge in [-0.15, -0.1) is 0 Å². The topological polar surface area (TPSA) is 81.2 Å². The fraction of sp³-hybridized carbons (Fsp3) is 0.357. The maximum absolute atomic E-state index is 13.3. The zero-order valence-corrected chi connectivity index (χ0v) is 12.0. The minimum atomic E-state index is -0.679. The molecule has 2 rings (SSSR count). The molecule has 0 aliphatic carbocycles. The molecule has 0 saturated carbocycles. The van der Waals surface area contributed by atoms with E-state index in [1.807, 2.05) is 0 Å². The zero-order chi connectivity index (χ0) is 15.7. The van der Waals surface area contributed by atoms with Crippen LogP contribution in [-0.2, 0) is 6.54 Å². The van der Waals surface area contributed by atoms with Crippen LogP contribution in [0.25, 0.3) is 0 Å². The van der Waals surface area contributed by atoms with Crippen LogP contribution < -0.4 is 0 Å². The molecule has 7 heteroatoms. The fourth-order valence-electron chi connectivity index (χ4n) is 2.49. The Morgan fingerprint density at radius 3 is 2.67 bits per heavy atom. The van der Waals surface area contributed by atoms with Crippen LogP contribution in [-0.4, -0.2) is 19.8 Å². The summed E-state index contributed by atoms with van der Waals surface area (Å²) in [6.45, 7) is 5.23. The first-order valence-corrected chi connectivity index (χ1v) is 6.46. The van der Waals surface area contributed by atoms with Gasteiger partial charge in [-0.25, -0.2) is 4.39 Å². The third-order valence-electron chi connectivity index (χ3n) is 3.41. The van der Waals surface area contributed by atoms with Gasteiger partial charge in [-0.1, -0.05) is 0 Å². The van der Waals surface area contributed by atoms with Crippen molar-refractivity contribution in [2.75, 3.05) is 0 Å². The highest BCUT2D eigenvalue weighted by molar-refractivity contribution is 5.41. The summed E-state index contributed by atoms with van der Waals surface area (Å²) in [5, 5.41) is 25.0. The van der Waals surface area contributed by atoms with Crippen LogP contribution in [0.2, 0.25) is 0 Å². The van der Waals surface area contributed by atoms with Crippen LogP contribution in [0.4, 0.5) is 10.1 Å². The number of halogens is 1. The van der Waals surface area contributed by atoms with Gasteiger partial charge in [0.2, 0.25) is 0 Å². The van der Waals surface area contributed by atoms with Gasteiger partial charge in [0.15, 0.2) is 0 Å². The van der Waals surface area contributed by atoms with Crippen LogP contribution in [0.15, 0.2) is 18.2 Å². The molecule has 1 aromatic heterocycles. The average molecular weight is 293 g/mol. The molecule has 0 fully saturated rings. The Morgan fingerprint density at radius 2 is 2.14 bits per heavy atom. The van der Waals surface area contributed by atoms with Crippen molar-refractivity contribution in [1.82, 2.24) is 9.78 Å². The Balaban J connectivity index is 2.46. The van der Waals surface area contributed by atoms with Gasteiger partial charge >= 0.3 is 0 Å². The van der Waals surface area contributed by atoms with Crippen LogP contribution in [0.5, 0.6) is 0 Å². The third-order valence-corrected chi connectivity index (χ3v) is 3.41. The molecule has 1 aromatic carbocycles. The van der Waals surface area contributed by atoms with Gasteiger partial charge in [-0.2, -0.15) is 5.10 Å². The number of nitrogens with zero attached hydrogens (tertiary/aromatic N) is 3. The molecule has 1 heterocycles. The number of aliphatic hydroxyl groups excluding tert-OH is 1. The number of aliphatic hydroxyl groups is 1. The summed E-state index contributed by atoms with van der Waals surface area (Å²) in [5.74, 6) is -0.534. The molecular weight excluding hydrogens is 277 g/mol. The van der Waals surface area contributed by atoms with E-state index in [0.29, 0.717) is 17.0 Å². The second kappa shape index (κ2) is 5.61. The summed E-state index contributed by atoms with van der Waals surface area (Å²) in [6, 6.07) is 3.34. The molecule has 1 atom stereocenters. The molecule has 1 unspecified atom stereocenters. The first-order valence-electron chi connectivity index (χ1n) is 6.46. The molecule has 21 heavy (non-hydrogen) atoms. The predicted octanol–water partition coefficient (Wildman–Crippen LogP) is 2.65. The van der Waals surface area contributed by atoms with Gasteiger partial charge in [0.25, 0.3) is 5.69 Å². The number of aryl methyl sites for hydroxylation is 1. The van der Waals surface area contributed by atoms with Crippen molar-refractivity contribution in [2.24, 2.45) is 0 Å². The summed E-state index contributed by atoms with van der Waals surface area (Å²) in [4.78, 5) is 10.5. The number of hydrogen-bond donors (Lipinski definition) is 1. The van der Waals surface area contributed by atoms with Crippen molar-refractivity contribution in [1.29, 1.82) is 0 Å². The Labute approximate surface area is 121 Å². The highest BCUT2D eigenvalue weighted by atomic mass is 19.1. The lowest BCUT2D eigenvalue weighted by Crippen LogP contribution is -2.07. The Morgan fingerprint density at radius 1 is 1.48 bits per heavy atom. The molecule has 0 amide bonds. The van der Waals surface area contributed by atoms with Crippen LogP contribution in [0, 0.1) is 29.8 Å². The van der Waals surface area contributed by atoms with Gasteiger partial charge < -0.3 is 5.11 Å². The van der Waals surface area contributed by atoms with E-state index in [0.717, 1.165) is 18.2 Å². The predicted molar refractivity (Wildman–Crippen MR) is 74.5 cm³/mol. The summed E-state index contributed by atoms with van der Waals surface area (Å²) in [5.41, 5.74) is 2.14. The van der Waals surface area contributed by atoms with Crippen molar-refractivity contribution in [3.05, 3.63) is 56.6 Å². The highest BCUT2D eigenvalue weighted by Crippen LogP contribution is 2.25. The lowest BCUT2D eigenvalue weighted by atomic mass is 10.1. The zero-order valence-electron chi connectivity index (χ0n) is 12.0. The lowest BCUT2D eigenvalue weighted by molar-refractivity contribution is -0.385. The standard InChI is InChI=1S/C14H16FN3O3/c1-8-14(10(3)19)9(2)17(16-8)7-11-6-12(15)4-5-13(11)18(20)21/h4-6,10,19H,7H2,1-3H3. The number of rotatable bonds is 4. The molecule has 1 N–H and O–H groups in total. The number of nitro groups is 1. The van der Waals surface area contributed by atoms with E-state index in [9.17, 15) is 19.6 Å². The Kier molecular flexibility index (Phi) is 4.04. The number of hydrogen-bond acceptors (Lipinski definition) is 4. The van der Waals surface area contributed by atoms with E-state index in [-0.39, 0.29) is 17.8 Å². The van der Waals surface area contributed by atoms with Crippen molar-refractivity contribution >= 4 is 5.69 Å². The second-order valence-corrected chi connectivity index (χ2v) is 4.95. The van der Waals surface area contributed by atoms with E-state index in [1.165, 1.54) is 0 Å². The number of aromatic nitrogens is 2. The fourth-order valence-corrected chi connectivity index (χ4v) is 2.49. The van der Waals surface area contributed by atoms with Gasteiger partial charge in [0, 0.05) is 17.3 Å². The lowest BCUT2D eigenvalue weighted by Gasteiger charge is -2.08. The summed E-state index contributed by atoms with van der Waals surface area (Å²) in [7, 11) is 0. The molecule has 0 aliphatic heterocycles. The molecular formula is C14H16FN3O3. The SMILES string of the molecule is Cc1nn(Cc2cc(F)ccc2[N+](=O)[O-])c(C)c1C(C)O. The molecule has 0 spiro atoms. The van der Waals surface area contributed by atoms with Crippen LogP contribution >= 0.6 is 0 Å². The number of nitro benzene ring substituents is 1.